The molecule has 1 unspecified atom stereocenters. The number of hydrogen-bond acceptors (Lipinski definition) is 5. The number of aromatic nitrogens is 1. The molecule has 1 atom stereocenters. The van der Waals surface area contributed by atoms with Crippen molar-refractivity contribution in [2.75, 3.05) is 19.7 Å². The minimum atomic E-state index is -4.00. The van der Waals surface area contributed by atoms with Crippen molar-refractivity contribution in [3.63, 3.8) is 0 Å². The summed E-state index contributed by atoms with van der Waals surface area (Å²) < 4.78 is 35.8. The molecule has 1 fully saturated rings. The highest BCUT2D eigenvalue weighted by molar-refractivity contribution is 7.89. The van der Waals surface area contributed by atoms with E-state index in [1.165, 1.54) is 4.31 Å². The van der Waals surface area contributed by atoms with Gasteiger partial charge in [-0.15, -0.1) is 0 Å². The van der Waals surface area contributed by atoms with E-state index >= 15 is 0 Å². The van der Waals surface area contributed by atoms with Crippen LogP contribution in [0.1, 0.15) is 54.0 Å². The minimum absolute atomic E-state index is 0.00866. The predicted molar refractivity (Wildman–Crippen MR) is 125 cm³/mol. The number of rotatable bonds is 8. The minimum Gasteiger partial charge on any atom is -0.462 e. The van der Waals surface area contributed by atoms with Crippen molar-refractivity contribution >= 4 is 21.9 Å². The molecule has 2 heterocycles. The van der Waals surface area contributed by atoms with Crippen molar-refractivity contribution < 1.29 is 22.7 Å². The first-order chi connectivity index (χ1) is 15.7. The first-order valence-electron chi connectivity index (χ1n) is 11.4. The van der Waals surface area contributed by atoms with Crippen molar-refractivity contribution in [2.24, 2.45) is 5.92 Å². The number of nitrogens with zero attached hydrogens (tertiary/aromatic N) is 2. The van der Waals surface area contributed by atoms with Gasteiger partial charge >= 0.3 is 5.97 Å². The van der Waals surface area contributed by atoms with Crippen LogP contribution in [-0.2, 0) is 32.6 Å². The molecule has 0 aliphatic carbocycles. The lowest BCUT2D eigenvalue weighted by atomic mass is 9.99. The number of esters is 1. The molecule has 1 aromatic carbocycles. The van der Waals surface area contributed by atoms with Crippen LogP contribution in [0.25, 0.3) is 0 Å². The molecule has 1 aromatic heterocycles. The van der Waals surface area contributed by atoms with Gasteiger partial charge in [-0.25, -0.2) is 13.2 Å². The van der Waals surface area contributed by atoms with E-state index in [1.54, 1.807) is 20.8 Å². The van der Waals surface area contributed by atoms with Crippen LogP contribution < -0.4 is 5.32 Å². The summed E-state index contributed by atoms with van der Waals surface area (Å²) in [5, 5.41) is 2.92. The van der Waals surface area contributed by atoms with Gasteiger partial charge in [0.15, 0.2) is 0 Å². The monoisotopic (exact) mass is 475 g/mol. The van der Waals surface area contributed by atoms with Gasteiger partial charge in [-0.05, 0) is 46.1 Å². The van der Waals surface area contributed by atoms with Gasteiger partial charge in [0.05, 0.1) is 12.5 Å². The highest BCUT2D eigenvalue weighted by Gasteiger charge is 2.39. The third-order valence-electron chi connectivity index (χ3n) is 6.19. The quantitative estimate of drug-likeness (QED) is 0.592. The zero-order valence-corrected chi connectivity index (χ0v) is 20.6. The largest absolute Gasteiger partial charge is 0.462 e. The molecule has 1 amide bonds. The van der Waals surface area contributed by atoms with E-state index in [4.69, 9.17) is 4.74 Å². The van der Waals surface area contributed by atoms with Gasteiger partial charge in [0.1, 0.15) is 10.5 Å². The topological polar surface area (TPSA) is 97.7 Å². The van der Waals surface area contributed by atoms with Gasteiger partial charge in [0.2, 0.25) is 15.9 Å². The van der Waals surface area contributed by atoms with Crippen molar-refractivity contribution in [1.29, 1.82) is 0 Å². The van der Waals surface area contributed by atoms with Gasteiger partial charge < -0.3 is 14.6 Å². The molecule has 1 aliphatic rings. The van der Waals surface area contributed by atoms with Gasteiger partial charge in [0.25, 0.3) is 0 Å². The van der Waals surface area contributed by atoms with Crippen LogP contribution in [-0.4, -0.2) is 48.9 Å². The van der Waals surface area contributed by atoms with Crippen LogP contribution in [0, 0.1) is 19.8 Å². The fraction of sp³-hybridized carbons (Fsp3) is 0.500. The average molecular weight is 476 g/mol. The normalized spacial score (nSPS) is 17.0. The second-order valence-electron chi connectivity index (χ2n) is 8.25. The Morgan fingerprint density at radius 2 is 1.82 bits per heavy atom. The Balaban J connectivity index is 1.85. The van der Waals surface area contributed by atoms with E-state index in [0.29, 0.717) is 43.9 Å². The maximum absolute atomic E-state index is 13.7. The third-order valence-corrected chi connectivity index (χ3v) is 8.21. The summed E-state index contributed by atoms with van der Waals surface area (Å²) >= 11 is 0. The maximum Gasteiger partial charge on any atom is 0.341 e. The summed E-state index contributed by atoms with van der Waals surface area (Å²) in [6.07, 6.45) is 1.19. The number of carbonyl (C=O) groups excluding carboxylic acids is 2. The maximum atomic E-state index is 13.7. The fourth-order valence-corrected chi connectivity index (χ4v) is 6.50. The van der Waals surface area contributed by atoms with E-state index in [2.05, 4.69) is 5.32 Å². The highest BCUT2D eigenvalue weighted by Crippen LogP contribution is 2.32. The fourth-order valence-electron chi connectivity index (χ4n) is 4.52. The Labute approximate surface area is 196 Å². The molecule has 1 saturated heterocycles. The molecule has 0 saturated carbocycles. The van der Waals surface area contributed by atoms with E-state index in [1.807, 2.05) is 41.8 Å². The molecular formula is C24H33N3O5S. The van der Waals surface area contributed by atoms with Crippen LogP contribution >= 0.6 is 0 Å². The number of benzene rings is 1. The summed E-state index contributed by atoms with van der Waals surface area (Å²) in [5.74, 6) is -1.25. The van der Waals surface area contributed by atoms with Crippen molar-refractivity contribution in [3.05, 3.63) is 52.8 Å². The Morgan fingerprint density at radius 3 is 2.45 bits per heavy atom. The van der Waals surface area contributed by atoms with Crippen LogP contribution in [0.2, 0.25) is 0 Å². The Bertz CT molecular complexity index is 1110. The van der Waals surface area contributed by atoms with Gasteiger partial charge in [-0.2, -0.15) is 4.31 Å². The third kappa shape index (κ3) is 5.14. The number of ether oxygens (including phenoxy) is 1. The SMILES string of the molecule is CCOC(=O)c1c(S(=O)(=O)N2CCCC(C(=O)NCc3ccccc3)C2)c(C)n(CC)c1C. The van der Waals surface area contributed by atoms with Crippen LogP contribution in [0.5, 0.6) is 0 Å². The standard InChI is InChI=1S/C24H33N3O5S/c1-5-27-17(3)21(24(29)32-6-2)22(18(27)4)33(30,31)26-14-10-13-20(16-26)23(28)25-15-19-11-8-7-9-12-19/h7-9,11-12,20H,5-6,10,13-16H2,1-4H3,(H,25,28). The summed E-state index contributed by atoms with van der Waals surface area (Å²) in [5.41, 5.74) is 2.15. The molecule has 2 aromatic rings. The molecule has 3 rings (SSSR count). The van der Waals surface area contributed by atoms with Crippen LogP contribution in [0.3, 0.4) is 0 Å². The summed E-state index contributed by atoms with van der Waals surface area (Å²) in [7, 11) is -4.00. The van der Waals surface area contributed by atoms with Crippen molar-refractivity contribution in [1.82, 2.24) is 14.2 Å². The number of amides is 1. The average Bonchev–Trinajstić information content (AvgIpc) is 3.08. The summed E-state index contributed by atoms with van der Waals surface area (Å²) in [6.45, 7) is 8.51. The highest BCUT2D eigenvalue weighted by atomic mass is 32.2. The molecule has 33 heavy (non-hydrogen) atoms. The van der Waals surface area contributed by atoms with Gasteiger partial charge in [0, 0.05) is 37.6 Å². The molecule has 0 spiro atoms. The molecule has 0 bridgehead atoms. The lowest BCUT2D eigenvalue weighted by Gasteiger charge is -2.31. The van der Waals surface area contributed by atoms with Crippen LogP contribution in [0.4, 0.5) is 0 Å². The van der Waals surface area contributed by atoms with Crippen molar-refractivity contribution in [2.45, 2.75) is 58.5 Å². The van der Waals surface area contributed by atoms with E-state index in [-0.39, 0.29) is 29.5 Å². The number of carbonyl (C=O) groups is 2. The summed E-state index contributed by atoms with van der Waals surface area (Å²) in [4.78, 5) is 25.5. The zero-order valence-electron chi connectivity index (χ0n) is 19.8. The Morgan fingerprint density at radius 1 is 1.12 bits per heavy atom. The molecule has 9 heteroatoms. The second-order valence-corrected chi connectivity index (χ2v) is 10.1. The molecule has 0 radical (unpaired) electrons. The number of hydrogen-bond donors (Lipinski definition) is 1. The molecule has 1 N–H and O–H groups in total. The van der Waals surface area contributed by atoms with Gasteiger partial charge in [-0.3, -0.25) is 4.79 Å². The first kappa shape index (κ1) is 25.0. The zero-order chi connectivity index (χ0) is 24.2. The lowest BCUT2D eigenvalue weighted by molar-refractivity contribution is -0.126. The van der Waals surface area contributed by atoms with Crippen molar-refractivity contribution in [3.8, 4) is 0 Å². The Hall–Kier alpha value is -2.65. The molecular weight excluding hydrogens is 442 g/mol. The molecule has 8 nitrogen and oxygen atoms in total. The number of piperidine rings is 1. The number of nitrogens with one attached hydrogen (secondary N) is 1. The smallest absolute Gasteiger partial charge is 0.341 e. The molecule has 180 valence electrons. The summed E-state index contributed by atoms with van der Waals surface area (Å²) in [6, 6.07) is 9.58. The predicted octanol–water partition coefficient (Wildman–Crippen LogP) is 3.02. The lowest BCUT2D eigenvalue weighted by Crippen LogP contribution is -2.45. The Kier molecular flexibility index (Phi) is 7.97. The first-order valence-corrected chi connectivity index (χ1v) is 12.8. The van der Waals surface area contributed by atoms with E-state index in [0.717, 1.165) is 5.56 Å². The van der Waals surface area contributed by atoms with Gasteiger partial charge in [-0.1, -0.05) is 30.3 Å². The van der Waals surface area contributed by atoms with E-state index < -0.39 is 21.9 Å². The molecule has 1 aliphatic heterocycles. The second kappa shape index (κ2) is 10.5. The number of sulfonamides is 1. The van der Waals surface area contributed by atoms with Crippen LogP contribution in [0.15, 0.2) is 35.2 Å². The van der Waals surface area contributed by atoms with E-state index in [9.17, 15) is 18.0 Å².